The van der Waals surface area contributed by atoms with Crippen molar-refractivity contribution in [2.45, 2.75) is 25.9 Å². The molecule has 1 fully saturated rings. The second kappa shape index (κ2) is 8.59. The average Bonchev–Trinajstić information content (AvgIpc) is 3.12. The molecule has 0 aliphatic carbocycles. The summed E-state index contributed by atoms with van der Waals surface area (Å²) in [6.07, 6.45) is 2.95. The number of anilines is 1. The second-order valence-electron chi connectivity index (χ2n) is 6.00. The Bertz CT molecular complexity index is 744. The number of hydrogen-bond acceptors (Lipinski definition) is 6. The summed E-state index contributed by atoms with van der Waals surface area (Å²) >= 11 is 0. The molecule has 1 aliphatic rings. The summed E-state index contributed by atoms with van der Waals surface area (Å²) in [5.41, 5.74) is 0.449. The minimum Gasteiger partial charge on any atom is -0.493 e. The van der Waals surface area contributed by atoms with Crippen LogP contribution in [0.15, 0.2) is 12.1 Å². The summed E-state index contributed by atoms with van der Waals surface area (Å²) in [6.45, 7) is 2.95. The van der Waals surface area contributed by atoms with Crippen molar-refractivity contribution in [3.63, 3.8) is 0 Å². The molecule has 1 amide bonds. The molecule has 146 valence electrons. The van der Waals surface area contributed by atoms with Gasteiger partial charge in [-0.3, -0.25) is 9.10 Å². The predicted octanol–water partition coefficient (Wildman–Crippen LogP) is 1.40. The summed E-state index contributed by atoms with van der Waals surface area (Å²) in [6, 6.07) is 3.00. The lowest BCUT2D eigenvalue weighted by Crippen LogP contribution is -2.35. The highest BCUT2D eigenvalue weighted by molar-refractivity contribution is 7.92. The van der Waals surface area contributed by atoms with Gasteiger partial charge in [-0.1, -0.05) is 0 Å². The van der Waals surface area contributed by atoms with Gasteiger partial charge in [0.15, 0.2) is 11.5 Å². The van der Waals surface area contributed by atoms with Gasteiger partial charge < -0.3 is 19.5 Å². The van der Waals surface area contributed by atoms with E-state index in [0.29, 0.717) is 24.7 Å². The van der Waals surface area contributed by atoms with Crippen molar-refractivity contribution in [2.24, 2.45) is 0 Å². The van der Waals surface area contributed by atoms with Gasteiger partial charge in [-0.05, 0) is 25.8 Å². The molecule has 1 aliphatic heterocycles. The van der Waals surface area contributed by atoms with E-state index in [4.69, 9.17) is 14.2 Å². The van der Waals surface area contributed by atoms with Crippen LogP contribution in [-0.4, -0.2) is 60.6 Å². The predicted molar refractivity (Wildman–Crippen MR) is 98.7 cm³/mol. The Morgan fingerprint density at radius 2 is 1.96 bits per heavy atom. The molecule has 1 atom stereocenters. The fourth-order valence-electron chi connectivity index (χ4n) is 2.95. The van der Waals surface area contributed by atoms with Gasteiger partial charge >= 0.3 is 0 Å². The highest BCUT2D eigenvalue weighted by Crippen LogP contribution is 2.36. The molecule has 0 spiro atoms. The minimum atomic E-state index is -3.57. The highest BCUT2D eigenvalue weighted by Gasteiger charge is 2.26. The number of carbonyl (C=O) groups is 1. The van der Waals surface area contributed by atoms with Crippen LogP contribution in [0.3, 0.4) is 0 Å². The Morgan fingerprint density at radius 1 is 1.31 bits per heavy atom. The van der Waals surface area contributed by atoms with Gasteiger partial charge in [0.1, 0.15) is 0 Å². The van der Waals surface area contributed by atoms with Gasteiger partial charge in [0.25, 0.3) is 5.91 Å². The molecule has 0 saturated carbocycles. The van der Waals surface area contributed by atoms with Crippen LogP contribution in [-0.2, 0) is 14.8 Å². The van der Waals surface area contributed by atoms with E-state index >= 15 is 0 Å². The second-order valence-corrected chi connectivity index (χ2v) is 7.90. The molecule has 26 heavy (non-hydrogen) atoms. The van der Waals surface area contributed by atoms with Gasteiger partial charge in [-0.15, -0.1) is 0 Å². The number of hydrogen-bond donors (Lipinski definition) is 1. The topological polar surface area (TPSA) is 94.2 Å². The van der Waals surface area contributed by atoms with E-state index in [1.165, 1.54) is 26.4 Å². The molecular formula is C17H26N2O6S. The van der Waals surface area contributed by atoms with Crippen LogP contribution in [0.1, 0.15) is 30.1 Å². The third-order valence-electron chi connectivity index (χ3n) is 4.22. The molecule has 1 unspecified atom stereocenters. The number of sulfonamides is 1. The van der Waals surface area contributed by atoms with Crippen molar-refractivity contribution in [1.29, 1.82) is 0 Å². The fourth-order valence-corrected chi connectivity index (χ4v) is 3.92. The van der Waals surface area contributed by atoms with Crippen LogP contribution >= 0.6 is 0 Å². The zero-order valence-corrected chi connectivity index (χ0v) is 16.4. The lowest BCUT2D eigenvalue weighted by molar-refractivity contribution is 0.0858. The summed E-state index contributed by atoms with van der Waals surface area (Å²) in [5.74, 6) is 0.307. The maximum Gasteiger partial charge on any atom is 0.253 e. The van der Waals surface area contributed by atoms with Crippen molar-refractivity contribution in [3.05, 3.63) is 17.7 Å². The summed E-state index contributed by atoms with van der Waals surface area (Å²) < 4.78 is 41.5. The number of carbonyl (C=O) groups excluding carboxylic acids is 1. The first-order valence-corrected chi connectivity index (χ1v) is 10.3. The molecule has 0 radical (unpaired) electrons. The van der Waals surface area contributed by atoms with E-state index in [9.17, 15) is 13.2 Å². The van der Waals surface area contributed by atoms with Crippen molar-refractivity contribution in [2.75, 3.05) is 44.5 Å². The standard InChI is InChI=1S/C17H26N2O6S/c1-5-19(26(4,21)22)14-10-16(24-3)15(23-2)9-13(14)17(20)18-11-12-7-6-8-25-12/h9-10,12H,5-8,11H2,1-4H3,(H,18,20). The molecule has 1 aromatic carbocycles. The lowest BCUT2D eigenvalue weighted by atomic mass is 10.1. The summed E-state index contributed by atoms with van der Waals surface area (Å²) in [5, 5.41) is 2.82. The minimum absolute atomic E-state index is 0.0141. The first-order chi connectivity index (χ1) is 12.3. The van der Waals surface area contributed by atoms with Gasteiger partial charge in [-0.2, -0.15) is 0 Å². The number of benzene rings is 1. The lowest BCUT2D eigenvalue weighted by Gasteiger charge is -2.24. The third kappa shape index (κ3) is 4.59. The van der Waals surface area contributed by atoms with Crippen molar-refractivity contribution < 1.29 is 27.4 Å². The Kier molecular flexibility index (Phi) is 6.71. The van der Waals surface area contributed by atoms with Gasteiger partial charge in [-0.25, -0.2) is 8.42 Å². The van der Waals surface area contributed by atoms with E-state index in [-0.39, 0.29) is 23.9 Å². The molecule has 1 saturated heterocycles. The molecule has 9 heteroatoms. The molecule has 1 N–H and O–H groups in total. The van der Waals surface area contributed by atoms with Crippen LogP contribution in [0.4, 0.5) is 5.69 Å². The number of rotatable bonds is 8. The average molecular weight is 386 g/mol. The van der Waals surface area contributed by atoms with E-state index < -0.39 is 15.9 Å². The normalized spacial score (nSPS) is 17.0. The number of ether oxygens (including phenoxy) is 3. The Balaban J connectivity index is 2.41. The quantitative estimate of drug-likeness (QED) is 0.726. The van der Waals surface area contributed by atoms with Crippen molar-refractivity contribution >= 4 is 21.6 Å². The number of methoxy groups -OCH3 is 2. The number of nitrogens with one attached hydrogen (secondary N) is 1. The van der Waals surface area contributed by atoms with Crippen LogP contribution in [0.2, 0.25) is 0 Å². The van der Waals surface area contributed by atoms with Crippen LogP contribution in [0.5, 0.6) is 11.5 Å². The molecule has 8 nitrogen and oxygen atoms in total. The molecule has 2 rings (SSSR count). The summed E-state index contributed by atoms with van der Waals surface area (Å²) in [7, 11) is -0.655. The molecule has 1 aromatic rings. The molecular weight excluding hydrogens is 360 g/mol. The zero-order valence-electron chi connectivity index (χ0n) is 15.6. The SMILES string of the molecule is CCN(c1cc(OC)c(OC)cc1C(=O)NCC1CCCO1)S(C)(=O)=O. The number of amides is 1. The van der Waals surface area contributed by atoms with Gasteiger partial charge in [0, 0.05) is 25.8 Å². The summed E-state index contributed by atoms with van der Waals surface area (Å²) in [4.78, 5) is 12.8. The molecule has 0 aromatic heterocycles. The van der Waals surface area contributed by atoms with E-state index in [2.05, 4.69) is 5.32 Å². The first-order valence-electron chi connectivity index (χ1n) is 8.45. The maximum atomic E-state index is 12.8. The fraction of sp³-hybridized carbons (Fsp3) is 0.588. The van der Waals surface area contributed by atoms with E-state index in [1.807, 2.05) is 0 Å². The van der Waals surface area contributed by atoms with E-state index in [1.54, 1.807) is 6.92 Å². The first kappa shape index (κ1) is 20.3. The largest absolute Gasteiger partial charge is 0.493 e. The smallest absolute Gasteiger partial charge is 0.253 e. The maximum absolute atomic E-state index is 12.8. The van der Waals surface area contributed by atoms with Gasteiger partial charge in [0.2, 0.25) is 10.0 Å². The monoisotopic (exact) mass is 386 g/mol. The Labute approximate surface area is 154 Å². The van der Waals surface area contributed by atoms with Gasteiger partial charge in [0.05, 0.1) is 37.8 Å². The molecule has 1 heterocycles. The number of nitrogens with zero attached hydrogens (tertiary/aromatic N) is 1. The Hall–Kier alpha value is -2.00. The van der Waals surface area contributed by atoms with Crippen molar-refractivity contribution in [1.82, 2.24) is 5.32 Å². The Morgan fingerprint density at radius 3 is 2.46 bits per heavy atom. The van der Waals surface area contributed by atoms with Crippen LogP contribution in [0.25, 0.3) is 0 Å². The van der Waals surface area contributed by atoms with E-state index in [0.717, 1.165) is 23.4 Å². The molecule has 0 bridgehead atoms. The van der Waals surface area contributed by atoms with Crippen molar-refractivity contribution in [3.8, 4) is 11.5 Å². The third-order valence-corrected chi connectivity index (χ3v) is 5.47. The zero-order chi connectivity index (χ0) is 19.3. The van der Waals surface area contributed by atoms with Crippen LogP contribution < -0.4 is 19.1 Å². The van der Waals surface area contributed by atoms with Crippen LogP contribution in [0, 0.1) is 0 Å². The highest BCUT2D eigenvalue weighted by atomic mass is 32.2.